The molecule has 2 N–H and O–H groups in total. The summed E-state index contributed by atoms with van der Waals surface area (Å²) in [6.07, 6.45) is -0.704. The van der Waals surface area contributed by atoms with Gasteiger partial charge in [-0.2, -0.15) is 0 Å². The molecule has 6 nitrogen and oxygen atoms in total. The third-order valence-electron chi connectivity index (χ3n) is 3.73. The number of phenols is 1. The van der Waals surface area contributed by atoms with E-state index >= 15 is 0 Å². The Kier molecular flexibility index (Phi) is 3.73. The third kappa shape index (κ3) is 2.52. The molecule has 0 aliphatic carbocycles. The number of nitrogens with one attached hydrogen (secondary N) is 1. The van der Waals surface area contributed by atoms with Crippen LogP contribution in [0.4, 0.5) is 5.69 Å². The summed E-state index contributed by atoms with van der Waals surface area (Å²) in [5, 5.41) is 13.0. The first-order chi connectivity index (χ1) is 11.0. The smallest absolute Gasteiger partial charge is 0.344 e. The van der Waals surface area contributed by atoms with Gasteiger partial charge < -0.3 is 24.6 Å². The molecule has 0 saturated heterocycles. The van der Waals surface area contributed by atoms with E-state index in [4.69, 9.17) is 14.2 Å². The van der Waals surface area contributed by atoms with Crippen LogP contribution in [0.2, 0.25) is 0 Å². The van der Waals surface area contributed by atoms with Gasteiger partial charge >= 0.3 is 5.97 Å². The summed E-state index contributed by atoms with van der Waals surface area (Å²) in [6.45, 7) is 1.91. The molecule has 0 spiro atoms. The number of fused-ring (bicyclic) bond motifs is 1. The van der Waals surface area contributed by atoms with Crippen LogP contribution in [0.5, 0.6) is 17.2 Å². The van der Waals surface area contributed by atoms with Gasteiger partial charge in [0.05, 0.1) is 19.9 Å². The van der Waals surface area contributed by atoms with Gasteiger partial charge in [0.15, 0.2) is 11.5 Å². The highest BCUT2D eigenvalue weighted by Crippen LogP contribution is 2.42. The van der Waals surface area contributed by atoms with Crippen molar-refractivity contribution in [3.63, 3.8) is 0 Å². The maximum atomic E-state index is 12.2. The summed E-state index contributed by atoms with van der Waals surface area (Å²) in [5.41, 5.74) is 2.43. The molecular formula is C17H17NO5. The second kappa shape index (κ2) is 5.72. The number of cyclic esters (lactones) is 1. The van der Waals surface area contributed by atoms with Crippen LogP contribution in [0.15, 0.2) is 30.3 Å². The second-order valence-electron chi connectivity index (χ2n) is 5.22. The number of hydrogen-bond donors (Lipinski definition) is 2. The average Bonchev–Trinajstić information content (AvgIpc) is 2.86. The summed E-state index contributed by atoms with van der Waals surface area (Å²) >= 11 is 0. The minimum atomic E-state index is -0.704. The van der Waals surface area contributed by atoms with Gasteiger partial charge in [0, 0.05) is 5.56 Å². The van der Waals surface area contributed by atoms with Crippen molar-refractivity contribution in [2.75, 3.05) is 19.5 Å². The monoisotopic (exact) mass is 315 g/mol. The lowest BCUT2D eigenvalue weighted by molar-refractivity contribution is 0.0434. The number of aromatic hydroxyl groups is 1. The number of phenolic OH excluding ortho intramolecular Hbond substituents is 1. The Hall–Kier alpha value is -2.89. The molecule has 120 valence electrons. The summed E-state index contributed by atoms with van der Waals surface area (Å²) in [6, 6.07) is 8.62. The summed E-state index contributed by atoms with van der Waals surface area (Å²) in [5.74, 6) is 0.385. The first-order valence-corrected chi connectivity index (χ1v) is 7.07. The molecule has 1 aliphatic heterocycles. The first-order valence-electron chi connectivity index (χ1n) is 7.07. The number of carbonyl (C=O) groups excluding carboxylic acids is 1. The van der Waals surface area contributed by atoms with Crippen LogP contribution >= 0.6 is 0 Å². The van der Waals surface area contributed by atoms with Crippen LogP contribution < -0.4 is 14.8 Å². The standard InChI is InChI=1S/C17H17NO5/c1-9-4-6-12(19)11(8-9)18-16-10-5-7-13(21-2)15(22-3)14(10)17(20)23-16/h4-8,16,18-19H,1-3H3/t16-/m0/s1. The highest BCUT2D eigenvalue weighted by Gasteiger charge is 2.36. The Morgan fingerprint density at radius 1 is 1.17 bits per heavy atom. The van der Waals surface area contributed by atoms with Gasteiger partial charge in [0.25, 0.3) is 0 Å². The number of rotatable bonds is 4. The molecule has 2 aromatic carbocycles. The van der Waals surface area contributed by atoms with E-state index in [1.807, 2.05) is 6.92 Å². The van der Waals surface area contributed by atoms with Crippen molar-refractivity contribution >= 4 is 11.7 Å². The molecule has 1 heterocycles. The Labute approximate surface area is 133 Å². The number of methoxy groups -OCH3 is 2. The summed E-state index contributed by atoms with van der Waals surface area (Å²) in [7, 11) is 2.98. The molecule has 6 heteroatoms. The largest absolute Gasteiger partial charge is 0.506 e. The van der Waals surface area contributed by atoms with Gasteiger partial charge in [-0.25, -0.2) is 4.79 Å². The van der Waals surface area contributed by atoms with E-state index in [-0.39, 0.29) is 5.75 Å². The number of aryl methyl sites for hydroxylation is 1. The number of anilines is 1. The Bertz CT molecular complexity index is 772. The van der Waals surface area contributed by atoms with E-state index in [0.29, 0.717) is 28.3 Å². The predicted molar refractivity (Wildman–Crippen MR) is 84.2 cm³/mol. The molecule has 23 heavy (non-hydrogen) atoms. The zero-order valence-corrected chi connectivity index (χ0v) is 13.0. The number of ether oxygens (including phenoxy) is 3. The zero-order valence-electron chi connectivity index (χ0n) is 13.0. The highest BCUT2D eigenvalue weighted by molar-refractivity contribution is 5.98. The fourth-order valence-corrected chi connectivity index (χ4v) is 2.61. The van der Waals surface area contributed by atoms with E-state index in [9.17, 15) is 9.90 Å². The van der Waals surface area contributed by atoms with E-state index in [2.05, 4.69) is 5.32 Å². The van der Waals surface area contributed by atoms with Gasteiger partial charge in [0.1, 0.15) is 11.3 Å². The average molecular weight is 315 g/mol. The van der Waals surface area contributed by atoms with Crippen LogP contribution in [0.25, 0.3) is 0 Å². The van der Waals surface area contributed by atoms with Crippen LogP contribution in [0.1, 0.15) is 27.7 Å². The number of benzene rings is 2. The molecule has 0 fully saturated rings. The van der Waals surface area contributed by atoms with Gasteiger partial charge in [-0.1, -0.05) is 6.07 Å². The maximum absolute atomic E-state index is 12.2. The summed E-state index contributed by atoms with van der Waals surface area (Å²) < 4.78 is 15.9. The van der Waals surface area contributed by atoms with Crippen molar-refractivity contribution in [2.45, 2.75) is 13.2 Å². The van der Waals surface area contributed by atoms with Crippen molar-refractivity contribution in [1.29, 1.82) is 0 Å². The molecule has 1 aliphatic rings. The van der Waals surface area contributed by atoms with Gasteiger partial charge in [-0.15, -0.1) is 0 Å². The van der Waals surface area contributed by atoms with Crippen LogP contribution in [0.3, 0.4) is 0 Å². The van der Waals surface area contributed by atoms with Crippen LogP contribution in [-0.4, -0.2) is 25.3 Å². The predicted octanol–water partition coefficient (Wildman–Crippen LogP) is 3.00. The van der Waals surface area contributed by atoms with Crippen molar-refractivity contribution in [3.8, 4) is 17.2 Å². The van der Waals surface area contributed by atoms with Gasteiger partial charge in [0.2, 0.25) is 6.23 Å². The molecule has 0 unspecified atom stereocenters. The molecule has 0 bridgehead atoms. The first kappa shape index (κ1) is 15.0. The minimum Gasteiger partial charge on any atom is -0.506 e. The van der Waals surface area contributed by atoms with Crippen molar-refractivity contribution in [1.82, 2.24) is 0 Å². The summed E-state index contributed by atoms with van der Waals surface area (Å²) in [4.78, 5) is 12.2. The Morgan fingerprint density at radius 3 is 2.65 bits per heavy atom. The molecule has 0 radical (unpaired) electrons. The second-order valence-corrected chi connectivity index (χ2v) is 5.22. The topological polar surface area (TPSA) is 77.0 Å². The van der Waals surface area contributed by atoms with E-state index in [1.165, 1.54) is 14.2 Å². The molecule has 0 amide bonds. The lowest BCUT2D eigenvalue weighted by Gasteiger charge is -2.16. The van der Waals surface area contributed by atoms with E-state index in [0.717, 1.165) is 5.56 Å². The van der Waals surface area contributed by atoms with Crippen molar-refractivity contribution in [3.05, 3.63) is 47.0 Å². The van der Waals surface area contributed by atoms with Crippen LogP contribution in [-0.2, 0) is 4.74 Å². The van der Waals surface area contributed by atoms with Crippen molar-refractivity contribution < 1.29 is 24.1 Å². The van der Waals surface area contributed by atoms with E-state index < -0.39 is 12.2 Å². The highest BCUT2D eigenvalue weighted by atomic mass is 16.6. The van der Waals surface area contributed by atoms with Crippen molar-refractivity contribution in [2.24, 2.45) is 0 Å². The number of hydrogen-bond acceptors (Lipinski definition) is 6. The Balaban J connectivity index is 2.00. The number of esters is 1. The maximum Gasteiger partial charge on any atom is 0.344 e. The zero-order chi connectivity index (χ0) is 16.6. The quantitative estimate of drug-likeness (QED) is 0.667. The molecule has 3 rings (SSSR count). The number of carbonyl (C=O) groups is 1. The minimum absolute atomic E-state index is 0.0839. The molecule has 2 aromatic rings. The van der Waals surface area contributed by atoms with Gasteiger partial charge in [-0.3, -0.25) is 0 Å². The SMILES string of the molecule is COc1ccc2c(c1OC)C(=O)O[C@@H]2Nc1cc(C)ccc1O. The normalized spacial score (nSPS) is 15.8. The molecule has 0 saturated carbocycles. The fourth-order valence-electron chi connectivity index (χ4n) is 2.61. The Morgan fingerprint density at radius 2 is 1.96 bits per heavy atom. The van der Waals surface area contributed by atoms with E-state index in [1.54, 1.807) is 30.3 Å². The fraction of sp³-hybridized carbons (Fsp3) is 0.235. The van der Waals surface area contributed by atoms with Gasteiger partial charge in [-0.05, 0) is 36.8 Å². The lowest BCUT2D eigenvalue weighted by atomic mass is 10.1. The van der Waals surface area contributed by atoms with Crippen LogP contribution in [0, 0.1) is 6.92 Å². The molecular weight excluding hydrogens is 298 g/mol. The molecule has 0 aromatic heterocycles. The third-order valence-corrected chi connectivity index (χ3v) is 3.73. The molecule has 1 atom stereocenters. The lowest BCUT2D eigenvalue weighted by Crippen LogP contribution is -2.10.